The summed E-state index contributed by atoms with van der Waals surface area (Å²) < 4.78 is 16.8. The van der Waals surface area contributed by atoms with Gasteiger partial charge in [-0.05, 0) is 70.6 Å². The van der Waals surface area contributed by atoms with Crippen molar-refractivity contribution in [3.8, 4) is 0 Å². The van der Waals surface area contributed by atoms with Crippen molar-refractivity contribution in [2.24, 2.45) is 0 Å². The van der Waals surface area contributed by atoms with Crippen molar-refractivity contribution >= 4 is 17.9 Å². The maximum absolute atomic E-state index is 12.8. The molecule has 1 atom stereocenters. The molecule has 0 radical (unpaired) electrons. The first kappa shape index (κ1) is 77.9. The van der Waals surface area contributed by atoms with E-state index in [1.807, 2.05) is 6.08 Å². The molecule has 6 nitrogen and oxygen atoms in total. The van der Waals surface area contributed by atoms with Crippen LogP contribution in [0.25, 0.3) is 0 Å². The lowest BCUT2D eigenvalue weighted by molar-refractivity contribution is -0.166. The molecule has 0 bridgehead atoms. The third-order valence-electron chi connectivity index (χ3n) is 15.7. The molecule has 0 heterocycles. The highest BCUT2D eigenvalue weighted by Crippen LogP contribution is 2.18. The summed E-state index contributed by atoms with van der Waals surface area (Å²) in [5.41, 5.74) is 0. The molecule has 0 saturated heterocycles. The van der Waals surface area contributed by atoms with E-state index in [-0.39, 0.29) is 31.6 Å². The summed E-state index contributed by atoms with van der Waals surface area (Å²) in [6.07, 6.45) is 91.3. The molecule has 0 aliphatic carbocycles. The van der Waals surface area contributed by atoms with E-state index in [0.717, 1.165) is 70.6 Å². The van der Waals surface area contributed by atoms with Gasteiger partial charge in [0.05, 0.1) is 6.42 Å². The molecule has 0 aliphatic heterocycles. The Morgan fingerprint density at radius 1 is 0.272 bits per heavy atom. The van der Waals surface area contributed by atoms with Crippen molar-refractivity contribution in [2.75, 3.05) is 13.2 Å². The summed E-state index contributed by atoms with van der Waals surface area (Å²) in [6, 6.07) is 0. The van der Waals surface area contributed by atoms with Crippen LogP contribution >= 0.6 is 0 Å². The van der Waals surface area contributed by atoms with Gasteiger partial charge in [0.2, 0.25) is 0 Å². The Morgan fingerprint density at radius 3 is 0.802 bits per heavy atom. The summed E-state index contributed by atoms with van der Waals surface area (Å²) in [4.78, 5) is 38.2. The molecule has 0 N–H and O–H groups in total. The number of hydrogen-bond donors (Lipinski definition) is 0. The van der Waals surface area contributed by atoms with Gasteiger partial charge >= 0.3 is 17.9 Å². The van der Waals surface area contributed by atoms with Crippen molar-refractivity contribution in [2.45, 2.75) is 374 Å². The first-order valence-electron chi connectivity index (χ1n) is 35.4. The number of rotatable bonds is 65. The third kappa shape index (κ3) is 67.5. The second-order valence-electron chi connectivity index (χ2n) is 23.8. The average molecular weight is 1130 g/mol. The van der Waals surface area contributed by atoms with Crippen LogP contribution in [0.5, 0.6) is 0 Å². The molecule has 470 valence electrons. The van der Waals surface area contributed by atoms with Gasteiger partial charge in [-0.25, -0.2) is 0 Å². The highest BCUT2D eigenvalue weighted by Gasteiger charge is 2.19. The summed E-state index contributed by atoms with van der Waals surface area (Å²) in [5.74, 6) is -1.02. The summed E-state index contributed by atoms with van der Waals surface area (Å²) >= 11 is 0. The minimum absolute atomic E-state index is 0.101. The zero-order chi connectivity index (χ0) is 58.5. The molecule has 81 heavy (non-hydrogen) atoms. The Bertz CT molecular complexity index is 1490. The topological polar surface area (TPSA) is 78.9 Å². The van der Waals surface area contributed by atoms with Crippen molar-refractivity contribution in [3.05, 3.63) is 72.9 Å². The van der Waals surface area contributed by atoms with E-state index >= 15 is 0 Å². The van der Waals surface area contributed by atoms with Gasteiger partial charge in [-0.2, -0.15) is 0 Å². The third-order valence-corrected chi connectivity index (χ3v) is 15.7. The van der Waals surface area contributed by atoms with Crippen molar-refractivity contribution in [1.29, 1.82) is 0 Å². The van der Waals surface area contributed by atoms with E-state index in [4.69, 9.17) is 14.2 Å². The number of allylic oxidation sites excluding steroid dienone is 11. The molecule has 0 saturated carbocycles. The lowest BCUT2D eigenvalue weighted by Crippen LogP contribution is -2.30. The number of ether oxygens (including phenoxy) is 3. The van der Waals surface area contributed by atoms with Gasteiger partial charge in [-0.3, -0.25) is 14.4 Å². The van der Waals surface area contributed by atoms with Gasteiger partial charge in [0, 0.05) is 12.8 Å². The molecule has 0 amide bonds. The summed E-state index contributed by atoms with van der Waals surface area (Å²) in [5, 5.41) is 0. The van der Waals surface area contributed by atoms with Crippen molar-refractivity contribution < 1.29 is 28.6 Å². The Morgan fingerprint density at radius 2 is 0.519 bits per heavy atom. The Kier molecular flexibility index (Phi) is 66.6. The maximum atomic E-state index is 12.8. The molecular weight excluding hydrogens is 997 g/mol. The van der Waals surface area contributed by atoms with Crippen LogP contribution in [0.4, 0.5) is 0 Å². The van der Waals surface area contributed by atoms with Crippen LogP contribution in [0.2, 0.25) is 0 Å². The van der Waals surface area contributed by atoms with Gasteiger partial charge in [-0.1, -0.05) is 351 Å². The van der Waals surface area contributed by atoms with E-state index in [9.17, 15) is 14.4 Å². The number of carbonyl (C=O) groups is 3. The highest BCUT2D eigenvalue weighted by atomic mass is 16.6. The summed E-state index contributed by atoms with van der Waals surface area (Å²) in [7, 11) is 0. The standard InChI is InChI=1S/C75H134O6/c1-4-7-10-13-16-19-22-25-27-28-29-30-31-32-33-34-35-36-37-38-39-40-41-42-43-44-45-46-48-50-53-56-59-62-65-68-74(77)80-71-72(70-79-73(76)67-64-61-58-55-52-49-24-21-18-15-12-9-6-3)81-75(78)69-66-63-60-57-54-51-47-26-23-20-17-14-11-8-5-2/h8,11,17,20,26,28-29,47,54,57,63,66,72H,4-7,9-10,12-16,18-19,21-25,27,30-46,48-53,55-56,58-62,64-65,67-71H2,1-3H3/b11-8-,20-17-,29-28-,47-26-,57-54-,66-63-. The molecule has 0 aliphatic rings. The number of unbranched alkanes of at least 4 members (excludes halogenated alkanes) is 43. The minimum Gasteiger partial charge on any atom is -0.462 e. The minimum atomic E-state index is -0.827. The monoisotopic (exact) mass is 1130 g/mol. The van der Waals surface area contributed by atoms with E-state index in [0.29, 0.717) is 12.8 Å². The van der Waals surface area contributed by atoms with Crippen LogP contribution in [-0.4, -0.2) is 37.2 Å². The molecule has 0 fully saturated rings. The predicted molar refractivity (Wildman–Crippen MR) is 353 cm³/mol. The molecule has 0 aromatic heterocycles. The summed E-state index contributed by atoms with van der Waals surface area (Å²) in [6.45, 7) is 6.49. The smallest absolute Gasteiger partial charge is 0.310 e. The van der Waals surface area contributed by atoms with E-state index in [2.05, 4.69) is 81.5 Å². The Labute approximate surface area is 503 Å². The quantitative estimate of drug-likeness (QED) is 0.0261. The van der Waals surface area contributed by atoms with Gasteiger partial charge in [0.1, 0.15) is 13.2 Å². The van der Waals surface area contributed by atoms with Gasteiger partial charge < -0.3 is 14.2 Å². The first-order chi connectivity index (χ1) is 40.0. The van der Waals surface area contributed by atoms with E-state index in [1.54, 1.807) is 6.08 Å². The molecule has 0 rings (SSSR count). The van der Waals surface area contributed by atoms with Crippen LogP contribution < -0.4 is 0 Å². The normalized spacial score (nSPS) is 12.5. The lowest BCUT2D eigenvalue weighted by Gasteiger charge is -2.18. The molecular formula is C75H134O6. The fourth-order valence-electron chi connectivity index (χ4n) is 10.5. The molecule has 0 aromatic carbocycles. The number of carbonyl (C=O) groups excluding carboxylic acids is 3. The van der Waals surface area contributed by atoms with E-state index < -0.39 is 12.1 Å². The van der Waals surface area contributed by atoms with Crippen LogP contribution in [0.15, 0.2) is 72.9 Å². The van der Waals surface area contributed by atoms with Crippen LogP contribution in [0, 0.1) is 0 Å². The highest BCUT2D eigenvalue weighted by molar-refractivity contribution is 5.72. The zero-order valence-electron chi connectivity index (χ0n) is 54.1. The fourth-order valence-corrected chi connectivity index (χ4v) is 10.5. The van der Waals surface area contributed by atoms with Crippen LogP contribution in [0.3, 0.4) is 0 Å². The Balaban J connectivity index is 4.11. The number of hydrogen-bond acceptors (Lipinski definition) is 6. The average Bonchev–Trinajstić information content (AvgIpc) is 3.46. The molecule has 6 heteroatoms. The van der Waals surface area contributed by atoms with E-state index in [1.165, 1.54) is 257 Å². The van der Waals surface area contributed by atoms with Crippen molar-refractivity contribution in [3.63, 3.8) is 0 Å². The number of esters is 3. The van der Waals surface area contributed by atoms with Gasteiger partial charge in [0.25, 0.3) is 0 Å². The maximum Gasteiger partial charge on any atom is 0.310 e. The second-order valence-corrected chi connectivity index (χ2v) is 23.8. The second kappa shape index (κ2) is 69.3. The van der Waals surface area contributed by atoms with Crippen LogP contribution in [-0.2, 0) is 28.6 Å². The Hall–Kier alpha value is -3.15. The SMILES string of the molecule is CC/C=C\C/C=C\C/C=C\C/C=C\C/C=C\CC(=O)OC(COC(=O)CCCCCCCCCCCCCCC)COC(=O)CCCCCCCCCCCCCCCCCCCCCCCCC/C=C\CCCCCCCCCC. The lowest BCUT2D eigenvalue weighted by atomic mass is 10.0. The molecule has 0 aromatic rings. The first-order valence-corrected chi connectivity index (χ1v) is 35.4. The van der Waals surface area contributed by atoms with Gasteiger partial charge in [-0.15, -0.1) is 0 Å². The molecule has 1 unspecified atom stereocenters. The van der Waals surface area contributed by atoms with Gasteiger partial charge in [0.15, 0.2) is 6.10 Å². The van der Waals surface area contributed by atoms with Crippen molar-refractivity contribution in [1.82, 2.24) is 0 Å². The fraction of sp³-hybridized carbons (Fsp3) is 0.800. The largest absolute Gasteiger partial charge is 0.462 e. The molecule has 0 spiro atoms. The predicted octanol–water partition coefficient (Wildman–Crippen LogP) is 24.4. The van der Waals surface area contributed by atoms with Crippen LogP contribution in [0.1, 0.15) is 367 Å². The zero-order valence-corrected chi connectivity index (χ0v) is 54.1.